The van der Waals surface area contributed by atoms with E-state index in [2.05, 4.69) is 9.80 Å². The van der Waals surface area contributed by atoms with Gasteiger partial charge in [-0.2, -0.15) is 4.31 Å². The number of piperidine rings is 1. The lowest BCUT2D eigenvalue weighted by molar-refractivity contribution is -0.135. The van der Waals surface area contributed by atoms with Crippen LogP contribution in [0.2, 0.25) is 0 Å². The van der Waals surface area contributed by atoms with Crippen molar-refractivity contribution in [2.75, 3.05) is 45.8 Å². The number of piperazine rings is 1. The summed E-state index contributed by atoms with van der Waals surface area (Å²) in [5.74, 6) is 1.72. The third-order valence-electron chi connectivity index (χ3n) is 7.30. The summed E-state index contributed by atoms with van der Waals surface area (Å²) in [7, 11) is -3.49. The minimum Gasteiger partial charge on any atom is -0.341 e. The number of benzene rings is 1. The third-order valence-corrected chi connectivity index (χ3v) is 9.34. The standard InChI is InChI=1S/C23H35N3O3S/c1-18-7-8-19(2)22(15-18)30(28,29)26-13-11-24(12-14-26)17-23(27)25-10-9-20-5-3-4-6-21(20)16-25/h7-8,15,20-21H,3-6,9-14,16-17H2,1-2H3/t20-,21+/m0/s1. The predicted molar refractivity (Wildman–Crippen MR) is 118 cm³/mol. The molecular weight excluding hydrogens is 398 g/mol. The number of aryl methyl sites for hydroxylation is 2. The number of nitrogens with zero attached hydrogens (tertiary/aromatic N) is 3. The van der Waals surface area contributed by atoms with E-state index in [4.69, 9.17) is 0 Å². The monoisotopic (exact) mass is 433 g/mol. The summed E-state index contributed by atoms with van der Waals surface area (Å²) in [5, 5.41) is 0. The molecule has 0 unspecified atom stereocenters. The van der Waals surface area contributed by atoms with E-state index in [0.29, 0.717) is 43.5 Å². The van der Waals surface area contributed by atoms with Crippen molar-refractivity contribution in [3.8, 4) is 0 Å². The fraction of sp³-hybridized carbons (Fsp3) is 0.696. The molecule has 7 heteroatoms. The summed E-state index contributed by atoms with van der Waals surface area (Å²) in [5.41, 5.74) is 1.73. The molecule has 3 aliphatic rings. The molecule has 1 aliphatic carbocycles. The van der Waals surface area contributed by atoms with Gasteiger partial charge >= 0.3 is 0 Å². The number of fused-ring (bicyclic) bond motifs is 1. The van der Waals surface area contributed by atoms with Gasteiger partial charge in [0.25, 0.3) is 0 Å². The van der Waals surface area contributed by atoms with Crippen LogP contribution in [-0.4, -0.2) is 74.2 Å². The molecule has 2 aliphatic heterocycles. The molecule has 30 heavy (non-hydrogen) atoms. The third kappa shape index (κ3) is 4.58. The zero-order chi connectivity index (χ0) is 21.3. The van der Waals surface area contributed by atoms with Gasteiger partial charge in [0, 0.05) is 39.3 Å². The highest BCUT2D eigenvalue weighted by Gasteiger charge is 2.34. The van der Waals surface area contributed by atoms with Gasteiger partial charge in [-0.3, -0.25) is 9.69 Å². The quantitative estimate of drug-likeness (QED) is 0.732. The highest BCUT2D eigenvalue weighted by molar-refractivity contribution is 7.89. The first kappa shape index (κ1) is 21.8. The summed E-state index contributed by atoms with van der Waals surface area (Å²) < 4.78 is 27.8. The molecule has 166 valence electrons. The summed E-state index contributed by atoms with van der Waals surface area (Å²) in [6, 6.07) is 5.57. The lowest BCUT2D eigenvalue weighted by atomic mass is 9.75. The summed E-state index contributed by atoms with van der Waals surface area (Å²) >= 11 is 0. The second-order valence-corrected chi connectivity index (χ2v) is 11.3. The van der Waals surface area contributed by atoms with E-state index in [-0.39, 0.29) is 5.91 Å². The lowest BCUT2D eigenvalue weighted by Crippen LogP contribution is -2.53. The first-order valence-corrected chi connectivity index (χ1v) is 12.9. The van der Waals surface area contributed by atoms with Crippen LogP contribution in [0.5, 0.6) is 0 Å². The van der Waals surface area contributed by atoms with Gasteiger partial charge in [0.2, 0.25) is 15.9 Å². The van der Waals surface area contributed by atoms with Gasteiger partial charge in [0.15, 0.2) is 0 Å². The minimum absolute atomic E-state index is 0.213. The maximum Gasteiger partial charge on any atom is 0.243 e. The molecule has 0 N–H and O–H groups in total. The smallest absolute Gasteiger partial charge is 0.243 e. The largest absolute Gasteiger partial charge is 0.341 e. The van der Waals surface area contributed by atoms with E-state index >= 15 is 0 Å². The van der Waals surface area contributed by atoms with E-state index in [1.165, 1.54) is 25.7 Å². The predicted octanol–water partition coefficient (Wildman–Crippen LogP) is 2.65. The van der Waals surface area contributed by atoms with Crippen molar-refractivity contribution in [3.63, 3.8) is 0 Å². The fourth-order valence-electron chi connectivity index (χ4n) is 5.37. The molecule has 2 atom stereocenters. The van der Waals surface area contributed by atoms with Crippen LogP contribution in [0.15, 0.2) is 23.1 Å². The zero-order valence-electron chi connectivity index (χ0n) is 18.3. The van der Waals surface area contributed by atoms with Crippen molar-refractivity contribution in [2.24, 2.45) is 11.8 Å². The molecule has 4 rings (SSSR count). The topological polar surface area (TPSA) is 60.9 Å². The van der Waals surface area contributed by atoms with Crippen molar-refractivity contribution in [1.82, 2.24) is 14.1 Å². The van der Waals surface area contributed by atoms with E-state index in [1.54, 1.807) is 10.4 Å². The molecular formula is C23H35N3O3S. The number of carbonyl (C=O) groups excluding carboxylic acids is 1. The maximum absolute atomic E-state index is 13.1. The van der Waals surface area contributed by atoms with Gasteiger partial charge in [-0.1, -0.05) is 31.4 Å². The van der Waals surface area contributed by atoms with E-state index in [0.717, 1.165) is 36.6 Å². The molecule has 2 saturated heterocycles. The molecule has 1 saturated carbocycles. The van der Waals surface area contributed by atoms with Crippen LogP contribution in [0.3, 0.4) is 0 Å². The zero-order valence-corrected chi connectivity index (χ0v) is 19.2. The van der Waals surface area contributed by atoms with Gasteiger partial charge in [-0.25, -0.2) is 8.42 Å². The average Bonchev–Trinajstić information content (AvgIpc) is 2.75. The number of hydrogen-bond acceptors (Lipinski definition) is 4. The molecule has 0 spiro atoms. The van der Waals surface area contributed by atoms with Gasteiger partial charge in [0.05, 0.1) is 11.4 Å². The van der Waals surface area contributed by atoms with Crippen LogP contribution in [-0.2, 0) is 14.8 Å². The van der Waals surface area contributed by atoms with Crippen molar-refractivity contribution in [1.29, 1.82) is 0 Å². The van der Waals surface area contributed by atoms with Crippen molar-refractivity contribution in [3.05, 3.63) is 29.3 Å². The second-order valence-electron chi connectivity index (χ2n) is 9.38. The second kappa shape index (κ2) is 8.97. The Morgan fingerprint density at radius 2 is 1.67 bits per heavy atom. The van der Waals surface area contributed by atoms with Crippen LogP contribution in [0.1, 0.15) is 43.2 Å². The first-order valence-electron chi connectivity index (χ1n) is 11.4. The number of likely N-dealkylation sites (tertiary alicyclic amines) is 1. The normalized spacial score (nSPS) is 26.4. The molecule has 1 amide bonds. The van der Waals surface area contributed by atoms with Crippen molar-refractivity contribution < 1.29 is 13.2 Å². The van der Waals surface area contributed by atoms with Crippen molar-refractivity contribution >= 4 is 15.9 Å². The Morgan fingerprint density at radius 1 is 0.967 bits per heavy atom. The lowest BCUT2D eigenvalue weighted by Gasteiger charge is -2.42. The van der Waals surface area contributed by atoms with E-state index < -0.39 is 10.0 Å². The molecule has 2 heterocycles. The number of hydrogen-bond donors (Lipinski definition) is 0. The first-order chi connectivity index (χ1) is 14.3. The number of carbonyl (C=O) groups is 1. The summed E-state index contributed by atoms with van der Waals surface area (Å²) in [6.45, 7) is 8.07. The molecule has 1 aromatic carbocycles. The fourth-order valence-corrected chi connectivity index (χ4v) is 7.10. The highest BCUT2D eigenvalue weighted by Crippen LogP contribution is 2.36. The minimum atomic E-state index is -3.49. The Balaban J connectivity index is 1.31. The van der Waals surface area contributed by atoms with Gasteiger partial charge < -0.3 is 4.90 Å². The van der Waals surface area contributed by atoms with E-state index in [1.807, 2.05) is 26.0 Å². The van der Waals surface area contributed by atoms with Crippen LogP contribution in [0.4, 0.5) is 0 Å². The molecule has 6 nitrogen and oxygen atoms in total. The van der Waals surface area contributed by atoms with Crippen LogP contribution in [0, 0.1) is 25.7 Å². The molecule has 0 radical (unpaired) electrons. The molecule has 0 aromatic heterocycles. The van der Waals surface area contributed by atoms with Crippen LogP contribution >= 0.6 is 0 Å². The Hall–Kier alpha value is -1.44. The Kier molecular flexibility index (Phi) is 6.51. The number of rotatable bonds is 4. The SMILES string of the molecule is Cc1ccc(C)c(S(=O)(=O)N2CCN(CC(=O)N3CC[C@@H]4CCCC[C@@H]4C3)CC2)c1. The maximum atomic E-state index is 13.1. The summed E-state index contributed by atoms with van der Waals surface area (Å²) in [4.78, 5) is 17.5. The number of sulfonamides is 1. The average molecular weight is 434 g/mol. The summed E-state index contributed by atoms with van der Waals surface area (Å²) in [6.07, 6.45) is 6.41. The van der Waals surface area contributed by atoms with Crippen LogP contribution < -0.4 is 0 Å². The Bertz CT molecular complexity index is 878. The number of amides is 1. The van der Waals surface area contributed by atoms with Gasteiger partial charge in [-0.15, -0.1) is 0 Å². The molecule has 0 bridgehead atoms. The van der Waals surface area contributed by atoms with Gasteiger partial charge in [0.1, 0.15) is 0 Å². The molecule has 1 aromatic rings. The molecule has 3 fully saturated rings. The van der Waals surface area contributed by atoms with E-state index in [9.17, 15) is 13.2 Å². The Labute approximate surface area is 181 Å². The highest BCUT2D eigenvalue weighted by atomic mass is 32.2. The van der Waals surface area contributed by atoms with Crippen molar-refractivity contribution in [2.45, 2.75) is 50.8 Å². The van der Waals surface area contributed by atoms with Gasteiger partial charge in [-0.05, 0) is 55.7 Å². The van der Waals surface area contributed by atoms with Crippen LogP contribution in [0.25, 0.3) is 0 Å². The Morgan fingerprint density at radius 3 is 2.40 bits per heavy atom.